The lowest BCUT2D eigenvalue weighted by atomic mass is 9.83. The van der Waals surface area contributed by atoms with E-state index < -0.39 is 14.4 Å². The van der Waals surface area contributed by atoms with Gasteiger partial charge in [0.15, 0.2) is 8.32 Å². The molecule has 0 saturated heterocycles. The van der Waals surface area contributed by atoms with Crippen LogP contribution in [0.5, 0.6) is 0 Å². The first-order valence-electron chi connectivity index (χ1n) is 7.86. The molecule has 0 spiro atoms. The minimum absolute atomic E-state index is 0.0280. The molecule has 1 rings (SSSR count). The summed E-state index contributed by atoms with van der Waals surface area (Å²) in [5, 5.41) is 0.0280. The lowest BCUT2D eigenvalue weighted by Crippen LogP contribution is -2.56. The van der Waals surface area contributed by atoms with Crippen LogP contribution in [0.4, 0.5) is 0 Å². The van der Waals surface area contributed by atoms with Crippen molar-refractivity contribution in [3.8, 4) is 0 Å². The Morgan fingerprint density at radius 1 is 1.18 bits per heavy atom. The summed E-state index contributed by atoms with van der Waals surface area (Å²) in [6.07, 6.45) is 1.09. The van der Waals surface area contributed by atoms with Gasteiger partial charge in [-0.15, -0.1) is 0 Å². The van der Waals surface area contributed by atoms with Crippen LogP contribution in [0.1, 0.15) is 40.5 Å². The summed E-state index contributed by atoms with van der Waals surface area (Å²) in [4.78, 5) is 22.7. The van der Waals surface area contributed by atoms with E-state index in [0.29, 0.717) is 12.8 Å². The minimum Gasteiger partial charge on any atom is -0.460 e. The molecule has 0 aromatic rings. The molecule has 0 bridgehead atoms. The molecule has 5 nitrogen and oxygen atoms in total. The minimum atomic E-state index is -2.07. The first kappa shape index (κ1) is 19.3. The summed E-state index contributed by atoms with van der Waals surface area (Å²) in [6.45, 7) is 12.2. The monoisotopic (exact) mass is 330 g/mol. The van der Waals surface area contributed by atoms with Crippen molar-refractivity contribution in [1.29, 1.82) is 0 Å². The molecule has 1 fully saturated rings. The van der Waals surface area contributed by atoms with Gasteiger partial charge < -0.3 is 18.7 Å². The molecule has 4 atom stereocenters. The molecule has 1 aliphatic carbocycles. The SMILES string of the molecule is CO[C@H]1[C@H](O[Si](C)(C)C(C)(C)C)[C@@H](OC(C)=O)CC[C@@H]1C=O. The quantitative estimate of drug-likeness (QED) is 0.440. The molecular formula is C16H30O5Si. The van der Waals surface area contributed by atoms with Crippen LogP contribution >= 0.6 is 0 Å². The second-order valence-electron chi connectivity index (χ2n) is 7.57. The van der Waals surface area contributed by atoms with Gasteiger partial charge in [0.1, 0.15) is 18.5 Å². The molecule has 0 heterocycles. The Labute approximate surface area is 134 Å². The third-order valence-corrected chi connectivity index (χ3v) is 9.37. The largest absolute Gasteiger partial charge is 0.460 e. The van der Waals surface area contributed by atoms with E-state index in [-0.39, 0.29) is 29.1 Å². The van der Waals surface area contributed by atoms with Crippen LogP contribution in [0.25, 0.3) is 0 Å². The van der Waals surface area contributed by atoms with Gasteiger partial charge in [-0.2, -0.15) is 0 Å². The van der Waals surface area contributed by atoms with E-state index in [9.17, 15) is 9.59 Å². The Balaban J connectivity index is 3.06. The van der Waals surface area contributed by atoms with E-state index in [0.717, 1.165) is 6.29 Å². The highest BCUT2D eigenvalue weighted by molar-refractivity contribution is 6.74. The van der Waals surface area contributed by atoms with Crippen LogP contribution in [-0.2, 0) is 23.5 Å². The smallest absolute Gasteiger partial charge is 0.302 e. The predicted octanol–water partition coefficient (Wildman–Crippen LogP) is 2.93. The van der Waals surface area contributed by atoms with Crippen LogP contribution in [-0.4, -0.2) is 46.0 Å². The van der Waals surface area contributed by atoms with E-state index in [4.69, 9.17) is 13.9 Å². The third kappa shape index (κ3) is 4.40. The number of methoxy groups -OCH3 is 1. The summed E-state index contributed by atoms with van der Waals surface area (Å²) >= 11 is 0. The van der Waals surface area contributed by atoms with Crippen LogP contribution in [0.2, 0.25) is 18.1 Å². The number of esters is 1. The molecule has 0 amide bonds. The van der Waals surface area contributed by atoms with E-state index in [1.807, 2.05) is 0 Å². The summed E-state index contributed by atoms with van der Waals surface area (Å²) in [5.41, 5.74) is 0. The van der Waals surface area contributed by atoms with Crippen molar-refractivity contribution < 1.29 is 23.5 Å². The maximum Gasteiger partial charge on any atom is 0.302 e. The molecule has 22 heavy (non-hydrogen) atoms. The Morgan fingerprint density at radius 3 is 2.18 bits per heavy atom. The fourth-order valence-electron chi connectivity index (χ4n) is 2.59. The van der Waals surface area contributed by atoms with Gasteiger partial charge in [-0.25, -0.2) is 0 Å². The molecule has 1 saturated carbocycles. The first-order chi connectivity index (χ1) is 10.0. The van der Waals surface area contributed by atoms with Crippen molar-refractivity contribution in [3.63, 3.8) is 0 Å². The molecular weight excluding hydrogens is 300 g/mol. The molecule has 0 aromatic heterocycles. The highest BCUT2D eigenvalue weighted by Gasteiger charge is 2.48. The van der Waals surface area contributed by atoms with Gasteiger partial charge >= 0.3 is 5.97 Å². The third-order valence-electron chi connectivity index (χ3n) is 4.90. The van der Waals surface area contributed by atoms with Crippen molar-refractivity contribution in [2.75, 3.05) is 7.11 Å². The average Bonchev–Trinajstić information content (AvgIpc) is 2.38. The van der Waals surface area contributed by atoms with Gasteiger partial charge in [0.2, 0.25) is 0 Å². The maximum atomic E-state index is 11.4. The number of ether oxygens (including phenoxy) is 2. The number of carbonyl (C=O) groups excluding carboxylic acids is 2. The zero-order valence-corrected chi connectivity index (χ0v) is 15.8. The number of carbonyl (C=O) groups is 2. The van der Waals surface area contributed by atoms with Gasteiger partial charge in [-0.05, 0) is 31.0 Å². The Bertz CT molecular complexity index is 402. The van der Waals surface area contributed by atoms with Crippen molar-refractivity contribution in [2.24, 2.45) is 5.92 Å². The first-order valence-corrected chi connectivity index (χ1v) is 10.8. The number of rotatable bonds is 5. The second-order valence-corrected chi connectivity index (χ2v) is 12.3. The topological polar surface area (TPSA) is 61.8 Å². The molecule has 0 aliphatic heterocycles. The molecule has 0 radical (unpaired) electrons. The Morgan fingerprint density at radius 2 is 1.77 bits per heavy atom. The Kier molecular flexibility index (Phi) is 6.35. The van der Waals surface area contributed by atoms with E-state index in [2.05, 4.69) is 33.9 Å². The Hall–Kier alpha value is -0.723. The van der Waals surface area contributed by atoms with Crippen molar-refractivity contribution in [1.82, 2.24) is 0 Å². The van der Waals surface area contributed by atoms with Crippen molar-refractivity contribution in [3.05, 3.63) is 0 Å². The standard InChI is InChI=1S/C16H30O5Si/c1-11(18)20-13-9-8-12(10-17)14(19-5)15(13)21-22(6,7)16(2,3)4/h10,12-15H,8-9H2,1-7H3/t12-,13+,14-,15-/m1/s1. The van der Waals surface area contributed by atoms with Gasteiger partial charge in [-0.3, -0.25) is 4.79 Å². The maximum absolute atomic E-state index is 11.4. The van der Waals surface area contributed by atoms with Crippen LogP contribution in [0, 0.1) is 5.92 Å². The van der Waals surface area contributed by atoms with Crippen LogP contribution in [0.3, 0.4) is 0 Å². The molecule has 0 aromatic carbocycles. The number of hydrogen-bond donors (Lipinski definition) is 0. The van der Waals surface area contributed by atoms with Crippen molar-refractivity contribution >= 4 is 20.6 Å². The molecule has 0 unspecified atom stereocenters. The van der Waals surface area contributed by atoms with E-state index >= 15 is 0 Å². The zero-order chi connectivity index (χ0) is 17.1. The lowest BCUT2D eigenvalue weighted by molar-refractivity contribution is -0.168. The zero-order valence-electron chi connectivity index (χ0n) is 14.8. The normalized spacial score (nSPS) is 30.0. The van der Waals surface area contributed by atoms with Crippen LogP contribution < -0.4 is 0 Å². The van der Waals surface area contributed by atoms with Crippen molar-refractivity contribution in [2.45, 2.75) is 77.0 Å². The summed E-state index contributed by atoms with van der Waals surface area (Å²) < 4.78 is 17.5. The molecule has 0 N–H and O–H groups in total. The number of hydrogen-bond acceptors (Lipinski definition) is 5. The molecule has 128 valence electrons. The van der Waals surface area contributed by atoms with E-state index in [1.165, 1.54) is 6.92 Å². The molecule has 6 heteroatoms. The lowest BCUT2D eigenvalue weighted by Gasteiger charge is -2.46. The fraction of sp³-hybridized carbons (Fsp3) is 0.875. The average molecular weight is 330 g/mol. The van der Waals surface area contributed by atoms with E-state index in [1.54, 1.807) is 7.11 Å². The van der Waals surface area contributed by atoms with Gasteiger partial charge in [0.25, 0.3) is 0 Å². The predicted molar refractivity (Wildman–Crippen MR) is 87.2 cm³/mol. The second kappa shape index (κ2) is 7.23. The van der Waals surface area contributed by atoms with Gasteiger partial charge in [-0.1, -0.05) is 20.8 Å². The van der Waals surface area contributed by atoms with Gasteiger partial charge in [0.05, 0.1) is 6.10 Å². The highest BCUT2D eigenvalue weighted by Crippen LogP contribution is 2.40. The summed E-state index contributed by atoms with van der Waals surface area (Å²) in [7, 11) is -0.490. The summed E-state index contributed by atoms with van der Waals surface area (Å²) in [6, 6.07) is 0. The van der Waals surface area contributed by atoms with Gasteiger partial charge in [0, 0.05) is 20.0 Å². The highest BCUT2D eigenvalue weighted by atomic mass is 28.4. The number of aldehydes is 1. The fourth-order valence-corrected chi connectivity index (χ4v) is 3.91. The van der Waals surface area contributed by atoms with Crippen LogP contribution in [0.15, 0.2) is 0 Å². The summed E-state index contributed by atoms with van der Waals surface area (Å²) in [5.74, 6) is -0.542. The molecule has 1 aliphatic rings.